The fraction of sp³-hybridized carbons (Fsp3) is 0.769. The predicted octanol–water partition coefficient (Wildman–Crippen LogP) is 3.65. The van der Waals surface area contributed by atoms with Crippen LogP contribution in [-0.4, -0.2) is 23.3 Å². The fourth-order valence-corrected chi connectivity index (χ4v) is 4.90. The second-order valence-corrected chi connectivity index (χ2v) is 7.55. The minimum Gasteiger partial charge on any atom is -0.316 e. The molecule has 2 nitrogen and oxygen atoms in total. The Kier molecular flexibility index (Phi) is 4.88. The van der Waals surface area contributed by atoms with Gasteiger partial charge in [0.1, 0.15) is 4.34 Å². The first-order valence-corrected chi connectivity index (χ1v) is 8.20. The summed E-state index contributed by atoms with van der Waals surface area (Å²) in [5, 5.41) is 6.24. The largest absolute Gasteiger partial charge is 0.316 e. The maximum absolute atomic E-state index is 4.40. The van der Waals surface area contributed by atoms with Crippen molar-refractivity contribution in [3.8, 4) is 0 Å². The van der Waals surface area contributed by atoms with Crippen LogP contribution in [0.4, 0.5) is 0 Å². The molecule has 0 aromatic carbocycles. The van der Waals surface area contributed by atoms with Gasteiger partial charge in [-0.1, -0.05) is 25.6 Å². The summed E-state index contributed by atoms with van der Waals surface area (Å²) in [4.78, 5) is 4.40. The first kappa shape index (κ1) is 13.4. The van der Waals surface area contributed by atoms with Crippen molar-refractivity contribution in [1.82, 2.24) is 10.3 Å². The highest BCUT2D eigenvalue weighted by atomic mass is 32.2. The van der Waals surface area contributed by atoms with Gasteiger partial charge in [0.25, 0.3) is 0 Å². The third kappa shape index (κ3) is 3.46. The molecule has 0 spiro atoms. The third-order valence-corrected chi connectivity index (χ3v) is 6.08. The first-order valence-electron chi connectivity index (χ1n) is 6.44. The van der Waals surface area contributed by atoms with Gasteiger partial charge in [-0.25, -0.2) is 4.98 Å². The van der Waals surface area contributed by atoms with Gasteiger partial charge in [0.05, 0.1) is 0 Å². The van der Waals surface area contributed by atoms with E-state index in [9.17, 15) is 0 Å². The second-order valence-electron chi connectivity index (χ2n) is 5.17. The van der Waals surface area contributed by atoms with E-state index in [0.29, 0.717) is 11.3 Å². The lowest BCUT2D eigenvalue weighted by Gasteiger charge is -2.37. The predicted molar refractivity (Wildman–Crippen MR) is 76.8 cm³/mol. The number of hydrogen-bond donors (Lipinski definition) is 1. The van der Waals surface area contributed by atoms with Crippen molar-refractivity contribution in [1.29, 1.82) is 0 Å². The lowest BCUT2D eigenvalue weighted by atomic mass is 9.79. The molecule has 3 unspecified atom stereocenters. The highest BCUT2D eigenvalue weighted by Gasteiger charge is 2.31. The summed E-state index contributed by atoms with van der Waals surface area (Å²) >= 11 is 3.73. The van der Waals surface area contributed by atoms with Gasteiger partial charge >= 0.3 is 0 Å². The van der Waals surface area contributed by atoms with E-state index in [1.165, 1.54) is 23.6 Å². The van der Waals surface area contributed by atoms with Crippen LogP contribution in [0.1, 0.15) is 33.1 Å². The van der Waals surface area contributed by atoms with Gasteiger partial charge in [-0.15, -0.1) is 11.3 Å². The topological polar surface area (TPSA) is 24.9 Å². The number of rotatable bonds is 4. The van der Waals surface area contributed by atoms with Crippen molar-refractivity contribution in [2.45, 2.75) is 48.7 Å². The average Bonchev–Trinajstić information content (AvgIpc) is 2.81. The molecule has 1 aliphatic rings. The molecule has 1 aromatic rings. The Morgan fingerprint density at radius 1 is 1.47 bits per heavy atom. The summed E-state index contributed by atoms with van der Waals surface area (Å²) in [6, 6.07) is 0.652. The molecule has 1 aromatic heterocycles. The number of hydrogen-bond acceptors (Lipinski definition) is 4. The van der Waals surface area contributed by atoms with Crippen LogP contribution in [-0.2, 0) is 0 Å². The summed E-state index contributed by atoms with van der Waals surface area (Å²) in [6.45, 7) is 4.71. The van der Waals surface area contributed by atoms with Crippen molar-refractivity contribution < 1.29 is 0 Å². The first-order chi connectivity index (χ1) is 8.20. The number of aromatic nitrogens is 1. The summed E-state index contributed by atoms with van der Waals surface area (Å²) < 4.78 is 1.22. The Bertz CT molecular complexity index is 324. The van der Waals surface area contributed by atoms with Gasteiger partial charge in [-0.3, -0.25) is 0 Å². The minimum atomic E-state index is 0.652. The lowest BCUT2D eigenvalue weighted by molar-refractivity contribution is 0.251. The van der Waals surface area contributed by atoms with Crippen molar-refractivity contribution in [2.24, 2.45) is 11.8 Å². The van der Waals surface area contributed by atoms with Gasteiger partial charge in [0.2, 0.25) is 0 Å². The highest BCUT2D eigenvalue weighted by Crippen LogP contribution is 2.39. The van der Waals surface area contributed by atoms with Crippen LogP contribution in [0, 0.1) is 11.8 Å². The number of thiazole rings is 1. The summed E-state index contributed by atoms with van der Waals surface area (Å²) in [5.41, 5.74) is 0. The smallest absolute Gasteiger partial charge is 0.150 e. The molecule has 2 rings (SSSR count). The molecule has 1 N–H and O–H groups in total. The molecular weight excluding hydrogens is 248 g/mol. The van der Waals surface area contributed by atoms with Crippen molar-refractivity contribution in [3.05, 3.63) is 11.6 Å². The maximum Gasteiger partial charge on any atom is 0.150 e. The van der Waals surface area contributed by atoms with Gasteiger partial charge in [0.15, 0.2) is 0 Å². The molecule has 0 saturated heterocycles. The van der Waals surface area contributed by atoms with E-state index in [1.807, 2.05) is 18.0 Å². The van der Waals surface area contributed by atoms with E-state index >= 15 is 0 Å². The summed E-state index contributed by atoms with van der Waals surface area (Å²) in [7, 11) is 2.09. The van der Waals surface area contributed by atoms with Crippen LogP contribution < -0.4 is 5.32 Å². The lowest BCUT2D eigenvalue weighted by Crippen LogP contribution is -2.41. The second kappa shape index (κ2) is 6.21. The summed E-state index contributed by atoms with van der Waals surface area (Å²) in [5.74, 6) is 1.70. The molecule has 0 aliphatic heterocycles. The van der Waals surface area contributed by atoms with Gasteiger partial charge in [0, 0.05) is 22.9 Å². The van der Waals surface area contributed by atoms with E-state index < -0.39 is 0 Å². The number of nitrogens with zero attached hydrogens (tertiary/aromatic N) is 1. The van der Waals surface area contributed by atoms with E-state index in [0.717, 1.165) is 11.8 Å². The Balaban J connectivity index is 1.99. The Morgan fingerprint density at radius 3 is 2.88 bits per heavy atom. The maximum atomic E-state index is 4.40. The number of thioether (sulfide) groups is 1. The van der Waals surface area contributed by atoms with Crippen LogP contribution in [0.5, 0.6) is 0 Å². The fourth-order valence-electron chi connectivity index (χ4n) is 2.62. The summed E-state index contributed by atoms with van der Waals surface area (Å²) in [6.07, 6.45) is 5.91. The zero-order valence-electron chi connectivity index (χ0n) is 10.8. The SMILES string of the molecule is CNC1CCC(C(C)C)CC1Sc1nccs1. The van der Waals surface area contributed by atoms with Gasteiger partial charge in [-0.2, -0.15) is 0 Å². The van der Waals surface area contributed by atoms with Crippen LogP contribution in [0.15, 0.2) is 15.9 Å². The molecule has 1 aliphatic carbocycles. The molecule has 0 radical (unpaired) electrons. The molecule has 0 bridgehead atoms. The molecular formula is C13H22N2S2. The zero-order valence-corrected chi connectivity index (χ0v) is 12.5. The minimum absolute atomic E-state index is 0.652. The molecule has 1 saturated carbocycles. The van der Waals surface area contributed by atoms with E-state index in [-0.39, 0.29) is 0 Å². The Hall–Kier alpha value is -0.0600. The van der Waals surface area contributed by atoms with Crippen LogP contribution >= 0.6 is 23.1 Å². The van der Waals surface area contributed by atoms with Gasteiger partial charge < -0.3 is 5.32 Å². The monoisotopic (exact) mass is 270 g/mol. The highest BCUT2D eigenvalue weighted by molar-refractivity contribution is 8.01. The molecule has 3 atom stereocenters. The molecule has 0 amide bonds. The van der Waals surface area contributed by atoms with Crippen LogP contribution in [0.3, 0.4) is 0 Å². The normalized spacial score (nSPS) is 29.8. The quantitative estimate of drug-likeness (QED) is 0.904. The Labute approximate surface area is 113 Å². The van der Waals surface area contributed by atoms with Crippen molar-refractivity contribution in [3.63, 3.8) is 0 Å². The van der Waals surface area contributed by atoms with Crippen LogP contribution in [0.25, 0.3) is 0 Å². The van der Waals surface area contributed by atoms with Gasteiger partial charge in [-0.05, 0) is 38.1 Å². The molecule has 4 heteroatoms. The van der Waals surface area contributed by atoms with Crippen LogP contribution in [0.2, 0.25) is 0 Å². The number of nitrogens with one attached hydrogen (secondary N) is 1. The molecule has 96 valence electrons. The molecule has 17 heavy (non-hydrogen) atoms. The third-order valence-electron chi connectivity index (χ3n) is 3.81. The van der Waals surface area contributed by atoms with E-state index in [1.54, 1.807) is 11.3 Å². The standard InChI is InChI=1S/C13H22N2S2/c1-9(2)10-4-5-11(14-3)12(8-10)17-13-15-6-7-16-13/h6-7,9-12,14H,4-5,8H2,1-3H3. The average molecular weight is 270 g/mol. The zero-order chi connectivity index (χ0) is 12.3. The molecule has 1 heterocycles. The Morgan fingerprint density at radius 2 is 2.29 bits per heavy atom. The molecule has 1 fully saturated rings. The van der Waals surface area contributed by atoms with Crippen molar-refractivity contribution >= 4 is 23.1 Å². The van der Waals surface area contributed by atoms with E-state index in [2.05, 4.69) is 36.6 Å². The van der Waals surface area contributed by atoms with Crippen molar-refractivity contribution in [2.75, 3.05) is 7.05 Å². The van der Waals surface area contributed by atoms with E-state index in [4.69, 9.17) is 0 Å².